The van der Waals surface area contributed by atoms with E-state index in [-0.39, 0.29) is 16.6 Å². The molecule has 3 saturated carbocycles. The fraction of sp³-hybridized carbons (Fsp3) is 0.727. The molecule has 25 heavy (non-hydrogen) atoms. The molecular formula is C22H29NO2. The maximum Gasteiger partial charge on any atom is 0.229 e. The molecule has 1 spiro atoms. The van der Waals surface area contributed by atoms with Gasteiger partial charge in [-0.05, 0) is 81.3 Å². The van der Waals surface area contributed by atoms with Crippen molar-refractivity contribution in [1.29, 1.82) is 0 Å². The van der Waals surface area contributed by atoms with Crippen LogP contribution in [0.4, 0.5) is 0 Å². The molecule has 0 bridgehead atoms. The van der Waals surface area contributed by atoms with E-state index >= 15 is 0 Å². The molecule has 0 aromatic rings. The van der Waals surface area contributed by atoms with Crippen molar-refractivity contribution in [3.05, 3.63) is 23.8 Å². The zero-order valence-electron chi connectivity index (χ0n) is 15.6. The summed E-state index contributed by atoms with van der Waals surface area (Å²) in [5.74, 6) is 2.94. The summed E-state index contributed by atoms with van der Waals surface area (Å²) in [7, 11) is 2.02. The number of ketones is 1. The summed E-state index contributed by atoms with van der Waals surface area (Å²) in [5.41, 5.74) is 1.31. The van der Waals surface area contributed by atoms with Gasteiger partial charge in [0.2, 0.25) is 5.91 Å². The average molecular weight is 339 g/mol. The van der Waals surface area contributed by atoms with Gasteiger partial charge in [-0.2, -0.15) is 0 Å². The van der Waals surface area contributed by atoms with Gasteiger partial charge >= 0.3 is 0 Å². The van der Waals surface area contributed by atoms with Gasteiger partial charge in [-0.1, -0.05) is 18.6 Å². The van der Waals surface area contributed by atoms with Gasteiger partial charge in [0.15, 0.2) is 5.78 Å². The second kappa shape index (κ2) is 4.86. The molecule has 7 unspecified atom stereocenters. The van der Waals surface area contributed by atoms with E-state index in [0.29, 0.717) is 35.6 Å². The molecule has 4 fully saturated rings. The van der Waals surface area contributed by atoms with Crippen LogP contribution in [0.2, 0.25) is 0 Å². The molecular weight excluding hydrogens is 310 g/mol. The molecule has 1 heterocycles. The summed E-state index contributed by atoms with van der Waals surface area (Å²) in [4.78, 5) is 27.2. The smallest absolute Gasteiger partial charge is 0.229 e. The average Bonchev–Trinajstić information content (AvgIpc) is 3.07. The fourth-order valence-corrected chi connectivity index (χ4v) is 7.79. The summed E-state index contributed by atoms with van der Waals surface area (Å²) in [6.07, 6.45) is 12.7. The Morgan fingerprint density at radius 2 is 1.84 bits per heavy atom. The Kier molecular flexibility index (Phi) is 3.08. The molecule has 0 N–H and O–H groups in total. The number of hydrogen-bond acceptors (Lipinski definition) is 2. The van der Waals surface area contributed by atoms with E-state index < -0.39 is 0 Å². The highest BCUT2D eigenvalue weighted by atomic mass is 16.2. The van der Waals surface area contributed by atoms with Gasteiger partial charge in [0, 0.05) is 18.5 Å². The van der Waals surface area contributed by atoms with E-state index in [9.17, 15) is 9.59 Å². The Morgan fingerprint density at radius 1 is 1.08 bits per heavy atom. The second-order valence-electron chi connectivity index (χ2n) is 9.52. The van der Waals surface area contributed by atoms with Crippen LogP contribution in [0.1, 0.15) is 52.4 Å². The third-order valence-electron chi connectivity index (χ3n) is 9.05. The lowest BCUT2D eigenvalue weighted by Crippen LogP contribution is -2.52. The molecule has 7 atom stereocenters. The van der Waals surface area contributed by atoms with Gasteiger partial charge in [0.25, 0.3) is 0 Å². The maximum absolute atomic E-state index is 13.3. The number of hydrogen-bond donors (Lipinski definition) is 0. The van der Waals surface area contributed by atoms with Gasteiger partial charge in [-0.15, -0.1) is 0 Å². The topological polar surface area (TPSA) is 37.4 Å². The predicted octanol–water partition coefficient (Wildman–Crippen LogP) is 3.75. The maximum atomic E-state index is 13.3. The number of nitrogens with zero attached hydrogens (tertiary/aromatic N) is 1. The highest BCUT2D eigenvalue weighted by molar-refractivity contribution is 6.01. The highest BCUT2D eigenvalue weighted by Crippen LogP contribution is 2.68. The van der Waals surface area contributed by atoms with E-state index in [4.69, 9.17) is 0 Å². The largest absolute Gasteiger partial charge is 0.342 e. The number of likely N-dealkylation sites (tertiary alicyclic amines) is 1. The van der Waals surface area contributed by atoms with Crippen LogP contribution < -0.4 is 0 Å². The SMILES string of the molecule is CC1C2CCC3C4CCC5=CC(=O)C=CC5(C)C4CCC32C(=O)N1C. The molecule has 1 amide bonds. The normalized spacial score (nSPS) is 50.9. The molecule has 3 heteroatoms. The van der Waals surface area contributed by atoms with Crippen LogP contribution in [0, 0.1) is 34.5 Å². The van der Waals surface area contributed by atoms with Crippen molar-refractivity contribution in [2.24, 2.45) is 34.5 Å². The Bertz CT molecular complexity index is 722. The van der Waals surface area contributed by atoms with Crippen molar-refractivity contribution in [3.63, 3.8) is 0 Å². The second-order valence-corrected chi connectivity index (χ2v) is 9.52. The van der Waals surface area contributed by atoms with Crippen LogP contribution in [0.25, 0.3) is 0 Å². The summed E-state index contributed by atoms with van der Waals surface area (Å²) >= 11 is 0. The zero-order valence-corrected chi connectivity index (χ0v) is 15.6. The van der Waals surface area contributed by atoms with E-state index in [1.54, 1.807) is 6.08 Å². The first-order valence-corrected chi connectivity index (χ1v) is 10.1. The van der Waals surface area contributed by atoms with Crippen molar-refractivity contribution >= 4 is 11.7 Å². The highest BCUT2D eigenvalue weighted by Gasteiger charge is 2.68. The van der Waals surface area contributed by atoms with Gasteiger partial charge in [0.05, 0.1) is 5.41 Å². The molecule has 0 aromatic heterocycles. The molecule has 3 nitrogen and oxygen atoms in total. The lowest BCUT2D eigenvalue weighted by atomic mass is 9.47. The van der Waals surface area contributed by atoms with E-state index in [2.05, 4.69) is 19.9 Å². The van der Waals surface area contributed by atoms with Crippen molar-refractivity contribution in [2.75, 3.05) is 7.05 Å². The Morgan fingerprint density at radius 3 is 2.64 bits per heavy atom. The van der Waals surface area contributed by atoms with Crippen LogP contribution in [-0.4, -0.2) is 29.7 Å². The number of amides is 1. The lowest BCUT2D eigenvalue weighted by Gasteiger charge is -2.56. The molecule has 0 radical (unpaired) electrons. The third-order valence-corrected chi connectivity index (χ3v) is 9.05. The minimum atomic E-state index is -0.0683. The molecule has 5 rings (SSSR count). The zero-order chi connectivity index (χ0) is 17.6. The number of carbonyl (C=O) groups excluding carboxylic acids is 2. The quantitative estimate of drug-likeness (QED) is 0.674. The summed E-state index contributed by atoms with van der Waals surface area (Å²) < 4.78 is 0. The number of rotatable bonds is 0. The fourth-order valence-electron chi connectivity index (χ4n) is 7.79. The minimum Gasteiger partial charge on any atom is -0.342 e. The minimum absolute atomic E-state index is 0.0374. The van der Waals surface area contributed by atoms with Gasteiger partial charge in [-0.25, -0.2) is 0 Å². The van der Waals surface area contributed by atoms with Crippen LogP contribution in [-0.2, 0) is 9.59 Å². The van der Waals surface area contributed by atoms with E-state index in [1.807, 2.05) is 18.0 Å². The summed E-state index contributed by atoms with van der Waals surface area (Å²) in [6.45, 7) is 4.60. The molecule has 4 aliphatic carbocycles. The summed E-state index contributed by atoms with van der Waals surface area (Å²) in [5, 5.41) is 0. The van der Waals surface area contributed by atoms with Gasteiger partial charge < -0.3 is 4.90 Å². The van der Waals surface area contributed by atoms with E-state index in [1.165, 1.54) is 18.4 Å². The van der Waals surface area contributed by atoms with Crippen LogP contribution in [0.15, 0.2) is 23.8 Å². The van der Waals surface area contributed by atoms with E-state index in [0.717, 1.165) is 25.7 Å². The van der Waals surface area contributed by atoms with Gasteiger partial charge in [-0.3, -0.25) is 9.59 Å². The summed E-state index contributed by atoms with van der Waals surface area (Å²) in [6, 6.07) is 0.399. The van der Waals surface area contributed by atoms with Crippen molar-refractivity contribution < 1.29 is 9.59 Å². The van der Waals surface area contributed by atoms with Crippen LogP contribution >= 0.6 is 0 Å². The Hall–Kier alpha value is -1.38. The first-order chi connectivity index (χ1) is 11.9. The Balaban J connectivity index is 1.54. The first kappa shape index (κ1) is 15.8. The van der Waals surface area contributed by atoms with Crippen LogP contribution in [0.5, 0.6) is 0 Å². The molecule has 134 valence electrons. The number of allylic oxidation sites excluding steroid dienone is 4. The first-order valence-electron chi connectivity index (χ1n) is 10.1. The molecule has 1 aliphatic heterocycles. The standard InChI is InChI=1S/C22H29NO2/c1-13-17-6-7-19-16-5-4-14-12-15(24)8-10-21(14,2)18(16)9-11-22(17,19)20(25)23(13)3/h8,10,12-13,16-19H,4-7,9,11H2,1-3H3. The predicted molar refractivity (Wildman–Crippen MR) is 96.7 cm³/mol. The molecule has 1 saturated heterocycles. The van der Waals surface area contributed by atoms with Gasteiger partial charge in [0.1, 0.15) is 0 Å². The van der Waals surface area contributed by atoms with Crippen molar-refractivity contribution in [3.8, 4) is 0 Å². The molecule has 0 aromatic carbocycles. The monoisotopic (exact) mass is 339 g/mol. The van der Waals surface area contributed by atoms with Crippen molar-refractivity contribution in [2.45, 2.75) is 58.4 Å². The van der Waals surface area contributed by atoms with Crippen molar-refractivity contribution in [1.82, 2.24) is 4.90 Å². The third kappa shape index (κ3) is 1.73. The lowest BCUT2D eigenvalue weighted by molar-refractivity contribution is -0.145. The molecule has 5 aliphatic rings. The van der Waals surface area contributed by atoms with Crippen LogP contribution in [0.3, 0.4) is 0 Å². The Labute approximate surface area is 150 Å². The number of carbonyl (C=O) groups is 2. The number of fused-ring (bicyclic) bond motifs is 4.